The number of imidazole rings is 1. The van der Waals surface area contributed by atoms with E-state index in [1.54, 1.807) is 12.5 Å². The van der Waals surface area contributed by atoms with Crippen molar-refractivity contribution in [2.75, 3.05) is 42.3 Å². The van der Waals surface area contributed by atoms with Crippen LogP contribution in [-0.4, -0.2) is 55.8 Å². The number of nitrogens with zero attached hydrogens (tertiary/aromatic N) is 7. The summed E-state index contributed by atoms with van der Waals surface area (Å²) in [5.74, 6) is 2.34. The molecular formula is C27H27N9O. The summed E-state index contributed by atoms with van der Waals surface area (Å²) in [7, 11) is 0. The zero-order valence-corrected chi connectivity index (χ0v) is 20.5. The Morgan fingerprint density at radius 1 is 0.919 bits per heavy atom. The highest BCUT2D eigenvalue weighted by molar-refractivity contribution is 5.83. The number of ether oxygens (including phenoxy) is 1. The summed E-state index contributed by atoms with van der Waals surface area (Å²) < 4.78 is 7.41. The third-order valence-electron chi connectivity index (χ3n) is 6.44. The molecule has 1 aliphatic heterocycles. The fourth-order valence-corrected chi connectivity index (χ4v) is 4.48. The largest absolute Gasteiger partial charge is 0.378 e. The van der Waals surface area contributed by atoms with Crippen molar-refractivity contribution in [2.45, 2.75) is 13.0 Å². The number of aromatic nitrogens is 6. The van der Waals surface area contributed by atoms with Gasteiger partial charge in [0, 0.05) is 30.9 Å². The molecule has 37 heavy (non-hydrogen) atoms. The van der Waals surface area contributed by atoms with Crippen molar-refractivity contribution in [1.29, 1.82) is 0 Å². The number of fused-ring (bicyclic) bond motifs is 1. The van der Waals surface area contributed by atoms with E-state index < -0.39 is 0 Å². The minimum atomic E-state index is 0.0705. The molecule has 3 N–H and O–H groups in total. The van der Waals surface area contributed by atoms with Crippen molar-refractivity contribution in [2.24, 2.45) is 0 Å². The van der Waals surface area contributed by atoms with Gasteiger partial charge in [0.2, 0.25) is 11.9 Å². The molecule has 10 nitrogen and oxygen atoms in total. The lowest BCUT2D eigenvalue weighted by atomic mass is 10.1. The average Bonchev–Trinajstić information content (AvgIpc) is 3.37. The van der Waals surface area contributed by atoms with Gasteiger partial charge in [0.1, 0.15) is 18.0 Å². The van der Waals surface area contributed by atoms with E-state index in [4.69, 9.17) is 15.5 Å². The molecular weight excluding hydrogens is 466 g/mol. The molecule has 0 saturated carbocycles. The summed E-state index contributed by atoms with van der Waals surface area (Å²) in [4.78, 5) is 24.9. The van der Waals surface area contributed by atoms with Crippen LogP contribution in [0, 0.1) is 0 Å². The fraction of sp³-hybridized carbons (Fsp3) is 0.222. The van der Waals surface area contributed by atoms with E-state index in [-0.39, 0.29) is 12.0 Å². The normalized spacial score (nSPS) is 14.6. The lowest BCUT2D eigenvalue weighted by molar-refractivity contribution is 0.122. The van der Waals surface area contributed by atoms with Gasteiger partial charge in [0.25, 0.3) is 0 Å². The SMILES string of the molecule is CC(Nc1nccc(-n2cnc3cc(-c4cc(N5CCOCC5)nc(N)n4)ccc32)n1)c1ccccc1. The number of hydrogen-bond acceptors (Lipinski definition) is 9. The second kappa shape index (κ2) is 9.82. The average molecular weight is 494 g/mol. The number of hydrogen-bond donors (Lipinski definition) is 2. The van der Waals surface area contributed by atoms with E-state index in [1.165, 1.54) is 5.56 Å². The molecule has 1 saturated heterocycles. The summed E-state index contributed by atoms with van der Waals surface area (Å²) in [6, 6.07) is 20.2. The van der Waals surface area contributed by atoms with E-state index in [0.29, 0.717) is 19.2 Å². The predicted molar refractivity (Wildman–Crippen MR) is 144 cm³/mol. The fourth-order valence-electron chi connectivity index (χ4n) is 4.48. The summed E-state index contributed by atoms with van der Waals surface area (Å²) in [6.07, 6.45) is 3.52. The molecule has 0 amide bonds. The van der Waals surface area contributed by atoms with Crippen molar-refractivity contribution in [3.05, 3.63) is 78.8 Å². The van der Waals surface area contributed by atoms with Crippen LogP contribution >= 0.6 is 0 Å². The first-order chi connectivity index (χ1) is 18.1. The van der Waals surface area contributed by atoms with Crippen LogP contribution < -0.4 is 16.0 Å². The standard InChI is InChI=1S/C27H27N9O/c1-18(19-5-3-2-4-6-19)31-27-29-10-9-24(34-27)36-17-30-22-15-20(7-8-23(22)36)21-16-25(33-26(28)32-21)35-11-13-37-14-12-35/h2-10,15-18H,11-14H2,1H3,(H2,28,32,33)(H,29,31,34). The van der Waals surface area contributed by atoms with Crippen molar-refractivity contribution in [3.8, 4) is 17.1 Å². The maximum absolute atomic E-state index is 6.06. The van der Waals surface area contributed by atoms with Gasteiger partial charge in [-0.3, -0.25) is 4.57 Å². The topological polar surface area (TPSA) is 120 Å². The molecule has 3 aromatic heterocycles. The highest BCUT2D eigenvalue weighted by Crippen LogP contribution is 2.27. The number of rotatable bonds is 6. The van der Waals surface area contributed by atoms with Crippen LogP contribution in [-0.2, 0) is 4.74 Å². The van der Waals surface area contributed by atoms with E-state index in [1.807, 2.05) is 53.1 Å². The molecule has 186 valence electrons. The molecule has 2 aromatic carbocycles. The molecule has 1 aliphatic rings. The molecule has 5 aromatic rings. The second-order valence-corrected chi connectivity index (χ2v) is 8.90. The van der Waals surface area contributed by atoms with Gasteiger partial charge in [-0.05, 0) is 30.7 Å². The maximum Gasteiger partial charge on any atom is 0.225 e. The Morgan fingerprint density at radius 3 is 2.59 bits per heavy atom. The van der Waals surface area contributed by atoms with Crippen LogP contribution in [0.5, 0.6) is 0 Å². The van der Waals surface area contributed by atoms with Crippen LogP contribution in [0.4, 0.5) is 17.7 Å². The second-order valence-electron chi connectivity index (χ2n) is 8.90. The van der Waals surface area contributed by atoms with Gasteiger partial charge in [-0.25, -0.2) is 15.0 Å². The molecule has 0 aliphatic carbocycles. The minimum absolute atomic E-state index is 0.0705. The van der Waals surface area contributed by atoms with Gasteiger partial charge in [-0.1, -0.05) is 36.4 Å². The molecule has 0 spiro atoms. The summed E-state index contributed by atoms with van der Waals surface area (Å²) in [6.45, 7) is 4.99. The lowest BCUT2D eigenvalue weighted by Crippen LogP contribution is -2.36. The van der Waals surface area contributed by atoms with Gasteiger partial charge in [0.05, 0.1) is 36.0 Å². The van der Waals surface area contributed by atoms with Gasteiger partial charge >= 0.3 is 0 Å². The van der Waals surface area contributed by atoms with Crippen molar-refractivity contribution in [3.63, 3.8) is 0 Å². The van der Waals surface area contributed by atoms with Crippen LogP contribution in [0.15, 0.2) is 73.2 Å². The van der Waals surface area contributed by atoms with Crippen LogP contribution in [0.2, 0.25) is 0 Å². The number of nitrogens with two attached hydrogens (primary N) is 1. The number of morpholine rings is 1. The molecule has 0 bridgehead atoms. The van der Waals surface area contributed by atoms with Crippen LogP contribution in [0.25, 0.3) is 28.1 Å². The zero-order chi connectivity index (χ0) is 25.2. The Kier molecular flexibility index (Phi) is 6.07. The Labute approximate surface area is 214 Å². The van der Waals surface area contributed by atoms with Gasteiger partial charge in [-0.15, -0.1) is 0 Å². The Morgan fingerprint density at radius 2 is 1.76 bits per heavy atom. The third-order valence-corrected chi connectivity index (χ3v) is 6.44. The predicted octanol–water partition coefficient (Wildman–Crippen LogP) is 3.86. The monoisotopic (exact) mass is 493 g/mol. The molecule has 0 radical (unpaired) electrons. The van der Waals surface area contributed by atoms with Gasteiger partial charge < -0.3 is 20.7 Å². The smallest absolute Gasteiger partial charge is 0.225 e. The van der Waals surface area contributed by atoms with E-state index in [9.17, 15) is 0 Å². The first kappa shape index (κ1) is 22.9. The third kappa shape index (κ3) is 4.78. The summed E-state index contributed by atoms with van der Waals surface area (Å²) in [5, 5.41) is 3.38. The van der Waals surface area contributed by atoms with Crippen LogP contribution in [0.1, 0.15) is 18.5 Å². The van der Waals surface area contributed by atoms with Crippen LogP contribution in [0.3, 0.4) is 0 Å². The number of nitrogens with one attached hydrogen (secondary N) is 1. The van der Waals surface area contributed by atoms with E-state index >= 15 is 0 Å². The van der Waals surface area contributed by atoms with Crippen molar-refractivity contribution in [1.82, 2.24) is 29.5 Å². The highest BCUT2D eigenvalue weighted by Gasteiger charge is 2.16. The summed E-state index contributed by atoms with van der Waals surface area (Å²) in [5.41, 5.74) is 10.7. The number of nitrogen functional groups attached to an aromatic ring is 1. The summed E-state index contributed by atoms with van der Waals surface area (Å²) >= 11 is 0. The van der Waals surface area contributed by atoms with Gasteiger partial charge in [-0.2, -0.15) is 9.97 Å². The molecule has 1 unspecified atom stereocenters. The Bertz CT molecular complexity index is 1530. The molecule has 1 fully saturated rings. The first-order valence-electron chi connectivity index (χ1n) is 12.2. The molecule has 10 heteroatoms. The maximum atomic E-state index is 6.06. The Balaban J connectivity index is 1.28. The molecule has 1 atom stereocenters. The number of benzene rings is 2. The zero-order valence-electron chi connectivity index (χ0n) is 20.5. The van der Waals surface area contributed by atoms with E-state index in [0.717, 1.165) is 47.0 Å². The van der Waals surface area contributed by atoms with Gasteiger partial charge in [0.15, 0.2) is 0 Å². The minimum Gasteiger partial charge on any atom is -0.378 e. The lowest BCUT2D eigenvalue weighted by Gasteiger charge is -2.28. The highest BCUT2D eigenvalue weighted by atomic mass is 16.5. The van der Waals surface area contributed by atoms with Crippen molar-refractivity contribution < 1.29 is 4.74 Å². The molecule has 4 heterocycles. The van der Waals surface area contributed by atoms with Crippen molar-refractivity contribution >= 4 is 28.7 Å². The number of anilines is 3. The first-order valence-corrected chi connectivity index (χ1v) is 12.2. The molecule has 6 rings (SSSR count). The quantitative estimate of drug-likeness (QED) is 0.363. The Hall–Kier alpha value is -4.57. The van der Waals surface area contributed by atoms with E-state index in [2.05, 4.69) is 49.2 Å².